The maximum atomic E-state index is 8.89. The maximum Gasteiger partial charge on any atom is 0.107 e. The maximum absolute atomic E-state index is 8.89. The Bertz CT molecular complexity index is 206. The first-order valence-electron chi connectivity index (χ1n) is 5.46. The first-order chi connectivity index (χ1) is 6.56. The van der Waals surface area contributed by atoms with Crippen molar-refractivity contribution in [2.24, 2.45) is 11.8 Å². The van der Waals surface area contributed by atoms with E-state index in [0.29, 0.717) is 17.9 Å². The summed E-state index contributed by atoms with van der Waals surface area (Å²) in [5.74, 6) is 1.18. The van der Waals surface area contributed by atoms with Crippen molar-refractivity contribution in [1.29, 1.82) is 0 Å². The minimum Gasteiger partial charge on any atom is -0.394 e. The second-order valence-corrected chi connectivity index (χ2v) is 4.68. The predicted octanol–water partition coefficient (Wildman–Crippen LogP) is 2.37. The number of epoxide rings is 1. The molecule has 14 heavy (non-hydrogen) atoms. The number of ether oxygens (including phenoxy) is 1. The molecule has 0 aromatic carbocycles. The summed E-state index contributed by atoms with van der Waals surface area (Å²) in [6, 6.07) is 0. The van der Waals surface area contributed by atoms with E-state index in [1.54, 1.807) is 0 Å². The fraction of sp³-hybridized carbons (Fsp3) is 0.833. The van der Waals surface area contributed by atoms with Gasteiger partial charge in [-0.1, -0.05) is 25.5 Å². The summed E-state index contributed by atoms with van der Waals surface area (Å²) in [7, 11) is 0. The van der Waals surface area contributed by atoms with Gasteiger partial charge in [-0.15, -0.1) is 0 Å². The Kier molecular flexibility index (Phi) is 4.14. The third kappa shape index (κ3) is 3.10. The van der Waals surface area contributed by atoms with Crippen LogP contribution >= 0.6 is 0 Å². The highest BCUT2D eigenvalue weighted by Gasteiger charge is 2.43. The van der Waals surface area contributed by atoms with Crippen LogP contribution in [0.3, 0.4) is 0 Å². The predicted molar refractivity (Wildman–Crippen MR) is 58.1 cm³/mol. The zero-order valence-corrected chi connectivity index (χ0v) is 9.66. The lowest BCUT2D eigenvalue weighted by Gasteiger charge is -2.16. The Morgan fingerprint density at radius 2 is 2.07 bits per heavy atom. The van der Waals surface area contributed by atoms with E-state index < -0.39 is 0 Å². The lowest BCUT2D eigenvalue weighted by molar-refractivity contribution is 0.234. The fourth-order valence-corrected chi connectivity index (χ4v) is 1.73. The average Bonchev–Trinajstić information content (AvgIpc) is 2.91. The second-order valence-electron chi connectivity index (χ2n) is 4.68. The van der Waals surface area contributed by atoms with Gasteiger partial charge in [-0.05, 0) is 32.1 Å². The van der Waals surface area contributed by atoms with E-state index in [0.717, 1.165) is 6.42 Å². The molecule has 1 fully saturated rings. The molecular weight excluding hydrogens is 176 g/mol. The highest BCUT2D eigenvalue weighted by Crippen LogP contribution is 2.34. The minimum absolute atomic E-state index is 0.110. The molecule has 0 aromatic rings. The van der Waals surface area contributed by atoms with Crippen LogP contribution in [0, 0.1) is 11.8 Å². The highest BCUT2D eigenvalue weighted by molar-refractivity contribution is 4.96. The third-order valence-electron chi connectivity index (χ3n) is 3.12. The SMILES string of the molecule is CC(C)=CC[C@@H](C)[C@@H](C)[C@@H]1O[C@H]1CO. The Hall–Kier alpha value is -0.340. The molecule has 0 aliphatic carbocycles. The summed E-state index contributed by atoms with van der Waals surface area (Å²) >= 11 is 0. The van der Waals surface area contributed by atoms with Gasteiger partial charge in [-0.25, -0.2) is 0 Å². The molecule has 0 radical (unpaired) electrons. The molecule has 0 unspecified atom stereocenters. The van der Waals surface area contributed by atoms with E-state index in [2.05, 4.69) is 33.8 Å². The number of aliphatic hydroxyl groups is 1. The monoisotopic (exact) mass is 198 g/mol. The molecule has 1 aliphatic rings. The number of hydrogen-bond acceptors (Lipinski definition) is 2. The van der Waals surface area contributed by atoms with Gasteiger partial charge in [0.15, 0.2) is 0 Å². The smallest absolute Gasteiger partial charge is 0.107 e. The summed E-state index contributed by atoms with van der Waals surface area (Å²) in [6.45, 7) is 8.89. The summed E-state index contributed by atoms with van der Waals surface area (Å²) in [5.41, 5.74) is 1.37. The summed E-state index contributed by atoms with van der Waals surface area (Å²) < 4.78 is 5.39. The topological polar surface area (TPSA) is 32.8 Å². The largest absolute Gasteiger partial charge is 0.394 e. The quantitative estimate of drug-likeness (QED) is 0.543. The molecule has 0 spiro atoms. The number of rotatable bonds is 5. The van der Waals surface area contributed by atoms with Crippen molar-refractivity contribution in [3.05, 3.63) is 11.6 Å². The average molecular weight is 198 g/mol. The number of aliphatic hydroxyl groups excluding tert-OH is 1. The lowest BCUT2D eigenvalue weighted by Crippen LogP contribution is -2.16. The van der Waals surface area contributed by atoms with Crippen LogP contribution in [0.1, 0.15) is 34.1 Å². The fourth-order valence-electron chi connectivity index (χ4n) is 1.73. The van der Waals surface area contributed by atoms with E-state index in [1.165, 1.54) is 5.57 Å². The Labute approximate surface area is 87.0 Å². The summed E-state index contributed by atoms with van der Waals surface area (Å²) in [5, 5.41) is 8.89. The van der Waals surface area contributed by atoms with Gasteiger partial charge in [0.05, 0.1) is 12.7 Å². The standard InChI is InChI=1S/C12H22O2/c1-8(2)5-6-9(3)10(4)12-11(7-13)14-12/h5,9-13H,6-7H2,1-4H3/t9-,10-,11+,12+/m1/s1. The van der Waals surface area contributed by atoms with Crippen LogP contribution in [0.4, 0.5) is 0 Å². The van der Waals surface area contributed by atoms with Crippen molar-refractivity contribution in [3.63, 3.8) is 0 Å². The van der Waals surface area contributed by atoms with Crippen LogP contribution in [-0.4, -0.2) is 23.9 Å². The molecule has 0 saturated carbocycles. The molecule has 0 aromatic heterocycles. The molecule has 4 atom stereocenters. The Morgan fingerprint density at radius 1 is 1.43 bits per heavy atom. The Morgan fingerprint density at radius 3 is 2.50 bits per heavy atom. The van der Waals surface area contributed by atoms with Crippen LogP contribution < -0.4 is 0 Å². The Balaban J connectivity index is 2.30. The van der Waals surface area contributed by atoms with Gasteiger partial charge in [0.2, 0.25) is 0 Å². The van der Waals surface area contributed by atoms with Gasteiger partial charge in [-0.3, -0.25) is 0 Å². The molecule has 1 rings (SSSR count). The normalized spacial score (nSPS) is 29.5. The minimum atomic E-state index is 0.110. The molecule has 82 valence electrons. The van der Waals surface area contributed by atoms with E-state index in [1.807, 2.05) is 0 Å². The van der Waals surface area contributed by atoms with Crippen molar-refractivity contribution >= 4 is 0 Å². The van der Waals surface area contributed by atoms with Crippen molar-refractivity contribution in [2.45, 2.75) is 46.3 Å². The summed E-state index contributed by atoms with van der Waals surface area (Å²) in [4.78, 5) is 0. The van der Waals surface area contributed by atoms with Crippen molar-refractivity contribution in [3.8, 4) is 0 Å². The second kappa shape index (κ2) is 4.94. The number of hydrogen-bond donors (Lipinski definition) is 1. The van der Waals surface area contributed by atoms with Crippen molar-refractivity contribution in [2.75, 3.05) is 6.61 Å². The van der Waals surface area contributed by atoms with Crippen LogP contribution in [0.5, 0.6) is 0 Å². The van der Waals surface area contributed by atoms with Crippen molar-refractivity contribution in [1.82, 2.24) is 0 Å². The molecule has 0 bridgehead atoms. The number of allylic oxidation sites excluding steroid dienone is 2. The van der Waals surface area contributed by atoms with E-state index in [9.17, 15) is 0 Å². The van der Waals surface area contributed by atoms with Gasteiger partial charge in [-0.2, -0.15) is 0 Å². The zero-order chi connectivity index (χ0) is 10.7. The van der Waals surface area contributed by atoms with Gasteiger partial charge in [0, 0.05) is 0 Å². The van der Waals surface area contributed by atoms with Gasteiger partial charge >= 0.3 is 0 Å². The first kappa shape index (κ1) is 11.7. The molecule has 1 aliphatic heterocycles. The van der Waals surface area contributed by atoms with E-state index in [-0.39, 0.29) is 12.7 Å². The lowest BCUT2D eigenvalue weighted by atomic mass is 9.88. The highest BCUT2D eigenvalue weighted by atomic mass is 16.6. The van der Waals surface area contributed by atoms with Crippen LogP contribution in [0.2, 0.25) is 0 Å². The van der Waals surface area contributed by atoms with Gasteiger partial charge < -0.3 is 9.84 Å². The van der Waals surface area contributed by atoms with Crippen LogP contribution in [-0.2, 0) is 4.74 Å². The zero-order valence-electron chi connectivity index (χ0n) is 9.66. The molecule has 2 nitrogen and oxygen atoms in total. The molecule has 2 heteroatoms. The van der Waals surface area contributed by atoms with Crippen molar-refractivity contribution < 1.29 is 9.84 Å². The third-order valence-corrected chi connectivity index (χ3v) is 3.12. The van der Waals surface area contributed by atoms with Gasteiger partial charge in [0.25, 0.3) is 0 Å². The van der Waals surface area contributed by atoms with E-state index in [4.69, 9.17) is 9.84 Å². The molecule has 1 N–H and O–H groups in total. The molecule has 1 heterocycles. The van der Waals surface area contributed by atoms with Crippen LogP contribution in [0.25, 0.3) is 0 Å². The van der Waals surface area contributed by atoms with Crippen LogP contribution in [0.15, 0.2) is 11.6 Å². The molecule has 1 saturated heterocycles. The van der Waals surface area contributed by atoms with E-state index >= 15 is 0 Å². The first-order valence-corrected chi connectivity index (χ1v) is 5.46. The summed E-state index contributed by atoms with van der Waals surface area (Å²) in [6.07, 6.45) is 3.79. The molecule has 0 amide bonds. The van der Waals surface area contributed by atoms with Gasteiger partial charge in [0.1, 0.15) is 6.10 Å². The molecular formula is C12H22O2.